The second-order valence-corrected chi connectivity index (χ2v) is 9.61. The Morgan fingerprint density at radius 3 is 2.56 bits per heavy atom. The number of benzene rings is 2. The molecule has 2 aromatic carbocycles. The zero-order valence-corrected chi connectivity index (χ0v) is 21.7. The first-order chi connectivity index (χ1) is 18.9. The number of aromatic nitrogens is 4. The zero-order valence-electron chi connectivity index (χ0n) is 20.9. The number of ether oxygens (including phenoxy) is 2. The number of nitrogens with zero attached hydrogens (tertiary/aromatic N) is 4. The van der Waals surface area contributed by atoms with Gasteiger partial charge in [-0.3, -0.25) is 0 Å². The SMILES string of the molecule is COc1ccc(-c2c(C(=O)O)n(Cc3ccc4nsnc4c3)c3cc4cccn(C)c-4c23)cc1OCC(=O)O. The number of rotatable bonds is 8. The molecule has 0 saturated carbocycles. The van der Waals surface area contributed by atoms with Gasteiger partial charge in [0.05, 0.1) is 30.0 Å². The monoisotopic (exact) mass is 542 g/mol. The van der Waals surface area contributed by atoms with E-state index in [0.717, 1.165) is 50.5 Å². The standard InChI is InChI=1S/C28H22N4O6S/c1-31-9-3-4-17-11-20-25(26(17)31)24(16-6-8-21(37-2)22(12-16)38-14-23(33)34)27(28(35)36)32(20)13-15-5-7-18-19(10-15)30-39-29-18/h3-12H,13-14H2,1-2H3,(H,33,34)(H,35,36). The quantitative estimate of drug-likeness (QED) is 0.276. The smallest absolute Gasteiger partial charge is 0.353 e. The van der Waals surface area contributed by atoms with Gasteiger partial charge in [0.2, 0.25) is 0 Å². The van der Waals surface area contributed by atoms with Gasteiger partial charge in [-0.25, -0.2) is 9.59 Å². The van der Waals surface area contributed by atoms with Crippen molar-refractivity contribution in [2.75, 3.05) is 13.7 Å². The minimum atomic E-state index is -1.14. The van der Waals surface area contributed by atoms with E-state index in [4.69, 9.17) is 14.6 Å². The van der Waals surface area contributed by atoms with Gasteiger partial charge >= 0.3 is 11.9 Å². The Hall–Kier alpha value is -4.90. The molecule has 1 aliphatic heterocycles. The molecule has 0 unspecified atom stereocenters. The van der Waals surface area contributed by atoms with E-state index < -0.39 is 18.5 Å². The summed E-state index contributed by atoms with van der Waals surface area (Å²) in [4.78, 5) is 24.1. The summed E-state index contributed by atoms with van der Waals surface area (Å²) in [6.07, 6.45) is 1.92. The molecule has 6 rings (SSSR count). The first-order valence-electron chi connectivity index (χ1n) is 11.9. The van der Waals surface area contributed by atoms with Gasteiger partial charge in [-0.2, -0.15) is 8.75 Å². The van der Waals surface area contributed by atoms with Gasteiger partial charge in [-0.05, 0) is 47.5 Å². The van der Waals surface area contributed by atoms with E-state index in [1.165, 1.54) is 7.11 Å². The van der Waals surface area contributed by atoms with Crippen molar-refractivity contribution < 1.29 is 29.3 Å². The molecule has 10 nitrogen and oxygen atoms in total. The maximum absolute atomic E-state index is 12.9. The van der Waals surface area contributed by atoms with Crippen molar-refractivity contribution in [1.82, 2.24) is 17.9 Å². The molecule has 0 spiro atoms. The summed E-state index contributed by atoms with van der Waals surface area (Å²) in [6.45, 7) is -0.269. The highest BCUT2D eigenvalue weighted by atomic mass is 32.1. The normalized spacial score (nSPS) is 11.4. The molecule has 11 heteroatoms. The van der Waals surface area contributed by atoms with Gasteiger partial charge in [0.15, 0.2) is 18.1 Å². The number of carboxylic acids is 2. The van der Waals surface area contributed by atoms with Gasteiger partial charge in [0.25, 0.3) is 0 Å². The highest BCUT2D eigenvalue weighted by Gasteiger charge is 2.29. The second kappa shape index (κ2) is 9.44. The van der Waals surface area contributed by atoms with Crippen molar-refractivity contribution in [3.8, 4) is 33.9 Å². The first kappa shape index (κ1) is 24.4. The van der Waals surface area contributed by atoms with Crippen LogP contribution in [0.25, 0.3) is 44.3 Å². The van der Waals surface area contributed by atoms with Crippen LogP contribution in [-0.2, 0) is 18.4 Å². The lowest BCUT2D eigenvalue weighted by Gasteiger charge is -2.14. The molecule has 0 radical (unpaired) electrons. The molecular weight excluding hydrogens is 520 g/mol. The maximum atomic E-state index is 12.9. The number of methoxy groups -OCH3 is 1. The number of hydrogen-bond acceptors (Lipinski definition) is 7. The van der Waals surface area contributed by atoms with Crippen molar-refractivity contribution in [3.05, 3.63) is 72.1 Å². The van der Waals surface area contributed by atoms with Crippen LogP contribution in [-0.4, -0.2) is 53.7 Å². The molecule has 0 atom stereocenters. The second-order valence-electron chi connectivity index (χ2n) is 9.08. The van der Waals surface area contributed by atoms with Crippen LogP contribution in [0.3, 0.4) is 0 Å². The number of hydrogen-bond donors (Lipinski definition) is 2. The molecule has 39 heavy (non-hydrogen) atoms. The van der Waals surface area contributed by atoms with Gasteiger partial charge < -0.3 is 28.8 Å². The predicted molar refractivity (Wildman–Crippen MR) is 146 cm³/mol. The number of pyridine rings is 1. The summed E-state index contributed by atoms with van der Waals surface area (Å²) in [6, 6.07) is 16.7. The third kappa shape index (κ3) is 4.12. The Bertz CT molecular complexity index is 1870. The van der Waals surface area contributed by atoms with E-state index in [1.807, 2.05) is 54.2 Å². The minimum absolute atomic E-state index is 0.108. The lowest BCUT2D eigenvalue weighted by molar-refractivity contribution is -0.139. The van der Waals surface area contributed by atoms with Crippen LogP contribution < -0.4 is 9.47 Å². The first-order valence-corrected chi connectivity index (χ1v) is 12.7. The summed E-state index contributed by atoms with van der Waals surface area (Å²) in [5, 5.41) is 20.5. The van der Waals surface area contributed by atoms with E-state index in [1.54, 1.807) is 22.8 Å². The fraction of sp³-hybridized carbons (Fsp3) is 0.143. The van der Waals surface area contributed by atoms with Crippen LogP contribution in [0.5, 0.6) is 11.5 Å². The number of aromatic carboxylic acids is 1. The lowest BCUT2D eigenvalue weighted by Crippen LogP contribution is -2.11. The van der Waals surface area contributed by atoms with Crippen LogP contribution in [0.2, 0.25) is 0 Å². The van der Waals surface area contributed by atoms with E-state index in [9.17, 15) is 14.7 Å². The molecule has 0 saturated heterocycles. The van der Waals surface area contributed by atoms with E-state index >= 15 is 0 Å². The summed E-state index contributed by atoms with van der Waals surface area (Å²) in [5.41, 5.74) is 6.22. The third-order valence-corrected chi connectivity index (χ3v) is 7.27. The summed E-state index contributed by atoms with van der Waals surface area (Å²) in [5.74, 6) is -1.68. The van der Waals surface area contributed by atoms with Crippen molar-refractivity contribution >= 4 is 45.6 Å². The molecular formula is C28H22N4O6S. The fourth-order valence-electron chi connectivity index (χ4n) is 5.10. The van der Waals surface area contributed by atoms with Gasteiger partial charge in [-0.15, -0.1) is 0 Å². The lowest BCUT2D eigenvalue weighted by atomic mass is 10.0. The molecule has 3 heterocycles. The Balaban J connectivity index is 1.63. The summed E-state index contributed by atoms with van der Waals surface area (Å²) < 4.78 is 23.2. The maximum Gasteiger partial charge on any atom is 0.353 e. The number of carbonyl (C=O) groups is 2. The fourth-order valence-corrected chi connectivity index (χ4v) is 5.62. The third-order valence-electron chi connectivity index (χ3n) is 6.71. The van der Waals surface area contributed by atoms with Crippen molar-refractivity contribution in [2.24, 2.45) is 7.05 Å². The molecule has 2 N–H and O–H groups in total. The largest absolute Gasteiger partial charge is 0.493 e. The molecule has 1 aliphatic carbocycles. The minimum Gasteiger partial charge on any atom is -0.493 e. The number of carboxylic acid groups (broad SMARTS) is 2. The van der Waals surface area contributed by atoms with Gasteiger partial charge in [-0.1, -0.05) is 18.2 Å². The number of aryl methyl sites for hydroxylation is 1. The van der Waals surface area contributed by atoms with Crippen LogP contribution in [0.4, 0.5) is 0 Å². The number of fused-ring (bicyclic) bond motifs is 4. The Kier molecular flexibility index (Phi) is 5.92. The van der Waals surface area contributed by atoms with E-state index in [-0.39, 0.29) is 11.4 Å². The number of aliphatic carboxylic acids is 1. The topological polar surface area (TPSA) is 129 Å². The Morgan fingerprint density at radius 1 is 0.974 bits per heavy atom. The van der Waals surface area contributed by atoms with Crippen LogP contribution in [0, 0.1) is 0 Å². The highest BCUT2D eigenvalue weighted by molar-refractivity contribution is 7.00. The molecule has 2 aliphatic rings. The molecule has 196 valence electrons. The van der Waals surface area contributed by atoms with Crippen molar-refractivity contribution in [3.63, 3.8) is 0 Å². The summed E-state index contributed by atoms with van der Waals surface area (Å²) in [7, 11) is 3.38. The van der Waals surface area contributed by atoms with E-state index in [2.05, 4.69) is 8.75 Å². The van der Waals surface area contributed by atoms with Gasteiger partial charge in [0, 0.05) is 36.3 Å². The van der Waals surface area contributed by atoms with Crippen molar-refractivity contribution in [2.45, 2.75) is 6.54 Å². The summed E-state index contributed by atoms with van der Waals surface area (Å²) >= 11 is 1.13. The molecule has 4 aromatic rings. The average molecular weight is 543 g/mol. The molecule has 0 amide bonds. The van der Waals surface area contributed by atoms with Crippen molar-refractivity contribution in [1.29, 1.82) is 0 Å². The molecule has 0 bridgehead atoms. The van der Waals surface area contributed by atoms with E-state index in [0.29, 0.717) is 23.4 Å². The van der Waals surface area contributed by atoms with Crippen LogP contribution in [0.15, 0.2) is 60.8 Å². The predicted octanol–water partition coefficient (Wildman–Crippen LogP) is 4.97. The Morgan fingerprint density at radius 2 is 1.79 bits per heavy atom. The molecule has 0 fully saturated rings. The zero-order chi connectivity index (χ0) is 27.3. The van der Waals surface area contributed by atoms with Crippen LogP contribution >= 0.6 is 11.7 Å². The highest BCUT2D eigenvalue weighted by Crippen LogP contribution is 2.46. The Labute approximate surface area is 225 Å². The van der Waals surface area contributed by atoms with Crippen LogP contribution in [0.1, 0.15) is 16.1 Å². The molecule has 2 aromatic heterocycles. The average Bonchev–Trinajstić information content (AvgIpc) is 3.61. The van der Waals surface area contributed by atoms with Gasteiger partial charge in [0.1, 0.15) is 16.7 Å².